The summed E-state index contributed by atoms with van der Waals surface area (Å²) < 4.78 is 33.0. The first-order valence-corrected chi connectivity index (χ1v) is 13.6. The van der Waals surface area contributed by atoms with Gasteiger partial charge in [-0.3, -0.25) is 4.90 Å². The Balaban J connectivity index is 1.03. The highest BCUT2D eigenvalue weighted by molar-refractivity contribution is 5.85. The quantitative estimate of drug-likeness (QED) is 0.324. The van der Waals surface area contributed by atoms with Crippen LogP contribution in [-0.2, 0) is 29.8 Å². The smallest absolute Gasteiger partial charge is 0.392 e. The van der Waals surface area contributed by atoms with Crippen molar-refractivity contribution in [2.75, 3.05) is 19.7 Å². The molecule has 2 aliphatic heterocycles. The van der Waals surface area contributed by atoms with Crippen molar-refractivity contribution in [3.8, 4) is 11.9 Å². The fourth-order valence-electron chi connectivity index (χ4n) is 6.02. The minimum absolute atomic E-state index is 0.00366. The maximum atomic E-state index is 14.3. The van der Waals surface area contributed by atoms with E-state index in [2.05, 4.69) is 14.9 Å². The van der Waals surface area contributed by atoms with Crippen LogP contribution in [0.15, 0.2) is 40.8 Å². The molecule has 41 heavy (non-hydrogen) atoms. The van der Waals surface area contributed by atoms with E-state index in [4.69, 9.17) is 24.1 Å². The number of carboxylic acid groups (broad SMARTS) is 1. The number of likely N-dealkylation sites (tertiary alicyclic amines) is 1. The molecular formula is C29H27FN6O5. The molecule has 1 aromatic carbocycles. The molecule has 3 atom stereocenters. The molecule has 7 rings (SSSR count). The Kier molecular flexibility index (Phi) is 6.21. The van der Waals surface area contributed by atoms with Gasteiger partial charge < -0.3 is 23.6 Å². The number of benzene rings is 1. The lowest BCUT2D eigenvalue weighted by Gasteiger charge is -2.32. The monoisotopic (exact) mass is 558 g/mol. The summed E-state index contributed by atoms with van der Waals surface area (Å²) in [7, 11) is 0. The predicted molar refractivity (Wildman–Crippen MR) is 140 cm³/mol. The van der Waals surface area contributed by atoms with Crippen LogP contribution >= 0.6 is 0 Å². The average molecular weight is 559 g/mol. The van der Waals surface area contributed by atoms with Crippen LogP contribution in [0, 0.1) is 23.1 Å². The number of hydrogen-bond donors (Lipinski definition) is 1. The molecule has 1 saturated carbocycles. The maximum absolute atomic E-state index is 14.3. The lowest BCUT2D eigenvalue weighted by Crippen LogP contribution is -2.37. The molecule has 3 aromatic heterocycles. The number of nitrogens with zero attached hydrogens (tertiary/aromatic N) is 6. The van der Waals surface area contributed by atoms with Crippen molar-refractivity contribution in [1.82, 2.24) is 24.4 Å². The number of pyridine rings is 1. The van der Waals surface area contributed by atoms with Gasteiger partial charge in [0.2, 0.25) is 11.5 Å². The van der Waals surface area contributed by atoms with Gasteiger partial charge in [-0.25, -0.2) is 14.2 Å². The Morgan fingerprint density at radius 3 is 2.88 bits per heavy atom. The molecule has 11 nitrogen and oxygen atoms in total. The average Bonchev–Trinajstić information content (AvgIpc) is 3.40. The SMILES string of the molecule is N#Cc1ccc(COc2cccc([C@@]34CCN(Cc5nc6oc(C(=O)O)nc6n5C[C@@H]5CCO5)C[C@@H]3C4)n2)c(F)c1. The maximum Gasteiger partial charge on any atom is 0.392 e. The summed E-state index contributed by atoms with van der Waals surface area (Å²) in [4.78, 5) is 27.3. The first-order chi connectivity index (χ1) is 19.9. The minimum Gasteiger partial charge on any atom is -0.474 e. The van der Waals surface area contributed by atoms with E-state index in [0.29, 0.717) is 36.1 Å². The predicted octanol–water partition coefficient (Wildman–Crippen LogP) is 3.66. The van der Waals surface area contributed by atoms with Crippen molar-refractivity contribution in [3.05, 3.63) is 70.8 Å². The standard InChI is InChI=1S/C29H27FN6O5/c30-21-10-17(12-31)4-5-18(21)16-40-24-3-1-2-22(32-24)29-7-8-35(13-19(29)11-29)15-23-33-26-25(34-27(41-26)28(37)38)36(23)14-20-6-9-39-20/h1-5,10,19-20H,6-9,11,13-16H2,(H,37,38)/t19-,20-,29+/m0/s1. The number of imidazole rings is 1. The molecule has 4 aromatic rings. The number of aromatic nitrogens is 4. The number of aromatic carboxylic acids is 1. The van der Waals surface area contributed by atoms with E-state index in [9.17, 15) is 14.3 Å². The van der Waals surface area contributed by atoms with Crippen LogP contribution in [0.3, 0.4) is 0 Å². The van der Waals surface area contributed by atoms with E-state index in [1.54, 1.807) is 18.2 Å². The molecule has 0 unspecified atom stereocenters. The van der Waals surface area contributed by atoms with Crippen LogP contribution in [0.2, 0.25) is 0 Å². The third-order valence-electron chi connectivity index (χ3n) is 8.49. The van der Waals surface area contributed by atoms with Gasteiger partial charge >= 0.3 is 11.9 Å². The molecular weight excluding hydrogens is 531 g/mol. The highest BCUT2D eigenvalue weighted by atomic mass is 19.1. The van der Waals surface area contributed by atoms with Gasteiger partial charge in [0.05, 0.1) is 36.5 Å². The number of rotatable bonds is 9. The van der Waals surface area contributed by atoms with Crippen molar-refractivity contribution in [3.63, 3.8) is 0 Å². The van der Waals surface area contributed by atoms with Crippen LogP contribution < -0.4 is 4.74 Å². The Bertz CT molecular complexity index is 1690. The van der Waals surface area contributed by atoms with E-state index in [1.807, 2.05) is 22.8 Å². The Hall–Kier alpha value is -4.34. The van der Waals surface area contributed by atoms with Crippen LogP contribution in [0.4, 0.5) is 4.39 Å². The molecule has 3 fully saturated rings. The molecule has 12 heteroatoms. The van der Waals surface area contributed by atoms with Gasteiger partial charge in [0.25, 0.3) is 5.71 Å². The van der Waals surface area contributed by atoms with Gasteiger partial charge in [-0.15, -0.1) is 0 Å². The van der Waals surface area contributed by atoms with Gasteiger partial charge in [-0.1, -0.05) is 12.1 Å². The van der Waals surface area contributed by atoms with Crippen LogP contribution in [0.1, 0.15) is 52.6 Å². The fraction of sp³-hybridized carbons (Fsp3) is 0.414. The zero-order chi connectivity index (χ0) is 28.1. The summed E-state index contributed by atoms with van der Waals surface area (Å²) in [5.41, 5.74) is 2.30. The molecule has 0 radical (unpaired) electrons. The van der Waals surface area contributed by atoms with Gasteiger partial charge in [-0.2, -0.15) is 15.2 Å². The van der Waals surface area contributed by atoms with Crippen molar-refractivity contribution in [1.29, 1.82) is 5.26 Å². The van der Waals surface area contributed by atoms with Gasteiger partial charge in [0, 0.05) is 30.2 Å². The highest BCUT2D eigenvalue weighted by Gasteiger charge is 2.58. The third-order valence-corrected chi connectivity index (χ3v) is 8.49. The Labute approximate surface area is 234 Å². The zero-order valence-corrected chi connectivity index (χ0v) is 22.1. The second-order valence-corrected chi connectivity index (χ2v) is 11.0. The minimum atomic E-state index is -1.22. The zero-order valence-electron chi connectivity index (χ0n) is 22.1. The van der Waals surface area contributed by atoms with Gasteiger partial charge in [0.1, 0.15) is 18.2 Å². The first kappa shape index (κ1) is 25.6. The van der Waals surface area contributed by atoms with Crippen LogP contribution in [0.25, 0.3) is 11.4 Å². The highest BCUT2D eigenvalue weighted by Crippen LogP contribution is 2.58. The van der Waals surface area contributed by atoms with Crippen molar-refractivity contribution in [2.45, 2.75) is 50.5 Å². The number of ether oxygens (including phenoxy) is 2. The van der Waals surface area contributed by atoms with Gasteiger partial charge in [-0.05, 0) is 49.9 Å². The second-order valence-electron chi connectivity index (χ2n) is 11.0. The lowest BCUT2D eigenvalue weighted by atomic mass is 9.91. The summed E-state index contributed by atoms with van der Waals surface area (Å²) >= 11 is 0. The van der Waals surface area contributed by atoms with Crippen LogP contribution in [0.5, 0.6) is 5.88 Å². The second kappa shape index (κ2) is 9.94. The summed E-state index contributed by atoms with van der Waals surface area (Å²) in [6.07, 6.45) is 2.96. The molecule has 2 saturated heterocycles. The number of halogens is 1. The van der Waals surface area contributed by atoms with Gasteiger partial charge in [0.15, 0.2) is 0 Å². The lowest BCUT2D eigenvalue weighted by molar-refractivity contribution is -0.0593. The van der Waals surface area contributed by atoms with E-state index >= 15 is 0 Å². The molecule has 0 amide bonds. The topological polar surface area (TPSA) is 140 Å². The van der Waals surface area contributed by atoms with Crippen molar-refractivity contribution < 1.29 is 28.2 Å². The number of nitriles is 1. The largest absolute Gasteiger partial charge is 0.474 e. The molecule has 5 heterocycles. The normalized spacial score (nSPS) is 23.5. The van der Waals surface area contributed by atoms with Crippen molar-refractivity contribution >= 4 is 17.3 Å². The number of carbonyl (C=O) groups is 1. The molecule has 1 N–H and O–H groups in total. The number of fused-ring (bicyclic) bond motifs is 2. The fourth-order valence-corrected chi connectivity index (χ4v) is 6.02. The Morgan fingerprint density at radius 2 is 2.15 bits per heavy atom. The first-order valence-electron chi connectivity index (χ1n) is 13.6. The van der Waals surface area contributed by atoms with E-state index < -0.39 is 11.8 Å². The number of hydrogen-bond acceptors (Lipinski definition) is 9. The summed E-state index contributed by atoms with van der Waals surface area (Å²) in [6.45, 7) is 3.64. The number of piperidine rings is 1. The van der Waals surface area contributed by atoms with Crippen molar-refractivity contribution in [2.24, 2.45) is 5.92 Å². The summed E-state index contributed by atoms with van der Waals surface area (Å²) in [6, 6.07) is 12.0. The molecule has 210 valence electrons. The number of carboxylic acids is 1. The van der Waals surface area contributed by atoms with E-state index in [1.165, 1.54) is 6.07 Å². The van der Waals surface area contributed by atoms with E-state index in [-0.39, 0.29) is 35.3 Å². The Morgan fingerprint density at radius 1 is 1.27 bits per heavy atom. The summed E-state index contributed by atoms with van der Waals surface area (Å²) in [5, 5.41) is 18.2. The number of oxazole rings is 1. The molecule has 0 spiro atoms. The molecule has 1 aliphatic carbocycles. The molecule has 0 bridgehead atoms. The third kappa shape index (κ3) is 4.71. The van der Waals surface area contributed by atoms with Crippen LogP contribution in [-0.4, -0.2) is 61.3 Å². The summed E-state index contributed by atoms with van der Waals surface area (Å²) in [5.74, 6) is -0.381. The molecule has 3 aliphatic rings. The van der Waals surface area contributed by atoms with E-state index in [0.717, 1.165) is 50.5 Å².